The normalized spacial score (nSPS) is 22.3. The fourth-order valence-electron chi connectivity index (χ4n) is 5.08. The van der Waals surface area contributed by atoms with Crippen LogP contribution in [0.5, 0.6) is 0 Å². The molecule has 0 spiro atoms. The highest BCUT2D eigenvalue weighted by atomic mass is 16.5. The van der Waals surface area contributed by atoms with Gasteiger partial charge in [-0.25, -0.2) is 14.8 Å². The Kier molecular flexibility index (Phi) is 6.62. The summed E-state index contributed by atoms with van der Waals surface area (Å²) < 4.78 is 6.19. The molecule has 2 atom stereocenters. The van der Waals surface area contributed by atoms with Crippen molar-refractivity contribution in [2.75, 3.05) is 5.01 Å². The van der Waals surface area contributed by atoms with E-state index in [-0.39, 0.29) is 12.1 Å². The number of hydrogen-bond donors (Lipinski definition) is 0. The van der Waals surface area contributed by atoms with E-state index in [0.717, 1.165) is 42.4 Å². The molecule has 0 amide bonds. The van der Waals surface area contributed by atoms with Gasteiger partial charge in [-0.3, -0.25) is 0 Å². The molecule has 6 nitrogen and oxygen atoms in total. The van der Waals surface area contributed by atoms with Gasteiger partial charge in [-0.1, -0.05) is 77.4 Å². The molecule has 0 radical (unpaired) electrons. The van der Waals surface area contributed by atoms with Crippen LogP contribution in [0.3, 0.4) is 0 Å². The van der Waals surface area contributed by atoms with E-state index < -0.39 is 11.6 Å². The lowest BCUT2D eigenvalue weighted by Gasteiger charge is -2.35. The maximum Gasteiger partial charge on any atom is 0.339 e. The standard InChI is InChI=1S/C29H32N4O2/c1-21-11-15-23(16-12-21)20-29(28(34)35-25-8-4-3-5-9-25)27(24-17-13-22(2)14-18-24)33(32-31-29)26-10-6-7-19-30-26/h6-7,10-19,25,27H,3-5,8-9,20H2,1-2H3/t27-,29-/m0/s1. The molecule has 1 saturated carbocycles. The van der Waals surface area contributed by atoms with Gasteiger partial charge in [-0.05, 0) is 62.8 Å². The predicted octanol–water partition coefficient (Wildman–Crippen LogP) is 6.48. The van der Waals surface area contributed by atoms with Gasteiger partial charge in [0, 0.05) is 12.6 Å². The first-order chi connectivity index (χ1) is 17.0. The summed E-state index contributed by atoms with van der Waals surface area (Å²) in [6.45, 7) is 4.12. The van der Waals surface area contributed by atoms with Crippen molar-refractivity contribution >= 4 is 11.8 Å². The summed E-state index contributed by atoms with van der Waals surface area (Å²) in [5.41, 5.74) is 3.08. The highest BCUT2D eigenvalue weighted by molar-refractivity contribution is 5.84. The minimum Gasteiger partial charge on any atom is -0.460 e. The second kappa shape index (κ2) is 9.98. The lowest BCUT2D eigenvalue weighted by Crippen LogP contribution is -2.49. The molecule has 0 saturated heterocycles. The summed E-state index contributed by atoms with van der Waals surface area (Å²) in [5.74, 6) is 0.343. The van der Waals surface area contributed by atoms with E-state index in [2.05, 4.69) is 72.6 Å². The van der Waals surface area contributed by atoms with Crippen LogP contribution in [0.1, 0.15) is 60.4 Å². The Morgan fingerprint density at radius 2 is 1.63 bits per heavy atom. The molecule has 35 heavy (non-hydrogen) atoms. The summed E-state index contributed by atoms with van der Waals surface area (Å²) in [4.78, 5) is 18.6. The number of benzene rings is 2. The van der Waals surface area contributed by atoms with Crippen molar-refractivity contribution in [3.8, 4) is 0 Å². The smallest absolute Gasteiger partial charge is 0.339 e. The van der Waals surface area contributed by atoms with E-state index in [9.17, 15) is 4.79 Å². The van der Waals surface area contributed by atoms with Crippen molar-refractivity contribution in [2.24, 2.45) is 10.3 Å². The van der Waals surface area contributed by atoms with Gasteiger partial charge in [0.15, 0.2) is 5.82 Å². The number of carbonyl (C=O) groups is 1. The zero-order valence-electron chi connectivity index (χ0n) is 20.4. The Morgan fingerprint density at radius 1 is 0.943 bits per heavy atom. The molecular formula is C29H32N4O2. The Labute approximate surface area is 207 Å². The van der Waals surface area contributed by atoms with Crippen molar-refractivity contribution in [1.29, 1.82) is 0 Å². The van der Waals surface area contributed by atoms with E-state index in [1.807, 2.05) is 18.2 Å². The highest BCUT2D eigenvalue weighted by Crippen LogP contribution is 2.46. The second-order valence-electron chi connectivity index (χ2n) is 9.79. The number of aromatic nitrogens is 1. The average molecular weight is 469 g/mol. The average Bonchev–Trinajstić information content (AvgIpc) is 3.27. The monoisotopic (exact) mass is 468 g/mol. The largest absolute Gasteiger partial charge is 0.460 e. The van der Waals surface area contributed by atoms with Gasteiger partial charge in [0.25, 0.3) is 0 Å². The van der Waals surface area contributed by atoms with Gasteiger partial charge in [0.2, 0.25) is 5.54 Å². The summed E-state index contributed by atoms with van der Waals surface area (Å²) in [6, 6.07) is 21.7. The molecule has 1 aromatic heterocycles. The molecule has 3 aromatic rings. The van der Waals surface area contributed by atoms with Crippen LogP contribution in [0.2, 0.25) is 0 Å². The van der Waals surface area contributed by atoms with Crippen molar-refractivity contribution in [3.63, 3.8) is 0 Å². The molecular weight excluding hydrogens is 436 g/mol. The molecule has 2 heterocycles. The number of carbonyl (C=O) groups excluding carboxylic acids is 1. The number of rotatable bonds is 6. The van der Waals surface area contributed by atoms with Gasteiger partial charge in [0.05, 0.1) is 0 Å². The molecule has 5 rings (SSSR count). The van der Waals surface area contributed by atoms with Gasteiger partial charge in [-0.2, -0.15) is 0 Å². The van der Waals surface area contributed by atoms with Gasteiger partial charge in [0.1, 0.15) is 12.1 Å². The number of ether oxygens (including phenoxy) is 1. The van der Waals surface area contributed by atoms with Gasteiger partial charge < -0.3 is 4.74 Å². The fraction of sp³-hybridized carbons (Fsp3) is 0.379. The first-order valence-corrected chi connectivity index (χ1v) is 12.5. The van der Waals surface area contributed by atoms with Gasteiger partial charge in [-0.15, -0.1) is 5.11 Å². The Hall–Kier alpha value is -3.54. The Morgan fingerprint density at radius 3 is 2.29 bits per heavy atom. The summed E-state index contributed by atoms with van der Waals surface area (Å²) in [7, 11) is 0. The van der Waals surface area contributed by atoms with Crippen LogP contribution in [-0.4, -0.2) is 22.6 Å². The minimum atomic E-state index is -1.22. The SMILES string of the molecule is Cc1ccc(C[C@]2(C(=O)OC3CCCCC3)N=NN(c3ccccn3)[C@H]2c2ccc(C)cc2)cc1. The van der Waals surface area contributed by atoms with E-state index in [0.29, 0.717) is 12.2 Å². The Balaban J connectivity index is 1.60. The molecule has 2 aromatic carbocycles. The van der Waals surface area contributed by atoms with Crippen molar-refractivity contribution < 1.29 is 9.53 Å². The molecule has 1 fully saturated rings. The zero-order valence-corrected chi connectivity index (χ0v) is 20.4. The molecule has 1 aliphatic carbocycles. The van der Waals surface area contributed by atoms with Crippen molar-refractivity contribution in [1.82, 2.24) is 4.98 Å². The molecule has 0 N–H and O–H groups in total. The van der Waals surface area contributed by atoms with Crippen molar-refractivity contribution in [2.45, 2.75) is 70.1 Å². The fourth-order valence-corrected chi connectivity index (χ4v) is 5.08. The van der Waals surface area contributed by atoms with Crippen LogP contribution in [0.25, 0.3) is 0 Å². The third-order valence-electron chi connectivity index (χ3n) is 7.07. The maximum absolute atomic E-state index is 14.1. The number of aryl methyl sites for hydroxylation is 2. The summed E-state index contributed by atoms with van der Waals surface area (Å²) >= 11 is 0. The first-order valence-electron chi connectivity index (χ1n) is 12.5. The van der Waals surface area contributed by atoms with Crippen molar-refractivity contribution in [3.05, 3.63) is 95.2 Å². The third-order valence-corrected chi connectivity index (χ3v) is 7.07. The van der Waals surface area contributed by atoms with Crippen LogP contribution < -0.4 is 5.01 Å². The van der Waals surface area contributed by atoms with Gasteiger partial charge >= 0.3 is 5.97 Å². The van der Waals surface area contributed by atoms with E-state index in [4.69, 9.17) is 9.85 Å². The lowest BCUT2D eigenvalue weighted by atomic mass is 9.80. The predicted molar refractivity (Wildman–Crippen MR) is 136 cm³/mol. The van der Waals surface area contributed by atoms with Crippen LogP contribution in [0, 0.1) is 13.8 Å². The molecule has 180 valence electrons. The van der Waals surface area contributed by atoms with Crippen LogP contribution in [0.15, 0.2) is 83.3 Å². The Bertz CT molecular complexity index is 1170. The molecule has 0 bridgehead atoms. The molecule has 1 aliphatic heterocycles. The number of anilines is 1. The summed E-state index contributed by atoms with van der Waals surface area (Å²) in [6.07, 6.45) is 7.25. The second-order valence-corrected chi connectivity index (χ2v) is 9.79. The molecule has 2 aliphatic rings. The third kappa shape index (κ3) is 4.83. The number of esters is 1. The number of hydrogen-bond acceptors (Lipinski definition) is 6. The van der Waals surface area contributed by atoms with E-state index in [1.54, 1.807) is 11.2 Å². The summed E-state index contributed by atoms with van der Waals surface area (Å²) in [5, 5.41) is 11.1. The first kappa shape index (κ1) is 23.2. The van der Waals surface area contributed by atoms with Crippen LogP contribution in [-0.2, 0) is 16.0 Å². The highest BCUT2D eigenvalue weighted by Gasteiger charge is 2.56. The quantitative estimate of drug-likeness (QED) is 0.388. The topological polar surface area (TPSA) is 67.2 Å². The lowest BCUT2D eigenvalue weighted by molar-refractivity contribution is -0.157. The van der Waals surface area contributed by atoms with E-state index >= 15 is 0 Å². The minimum absolute atomic E-state index is 0.0658. The molecule has 6 heteroatoms. The zero-order chi connectivity index (χ0) is 24.3. The van der Waals surface area contributed by atoms with Crippen LogP contribution >= 0.6 is 0 Å². The van der Waals surface area contributed by atoms with Crippen LogP contribution in [0.4, 0.5) is 5.82 Å². The van der Waals surface area contributed by atoms with E-state index in [1.165, 1.54) is 12.0 Å². The number of pyridine rings is 1. The maximum atomic E-state index is 14.1. The molecule has 0 unspecified atom stereocenters. The number of nitrogens with zero attached hydrogens (tertiary/aromatic N) is 4.